The van der Waals surface area contributed by atoms with E-state index in [0.29, 0.717) is 5.91 Å². The van der Waals surface area contributed by atoms with Crippen molar-refractivity contribution in [1.29, 1.82) is 0 Å². The number of carbonyl (C=O) groups excluding carboxylic acids is 2. The Morgan fingerprint density at radius 3 is 2.41 bits per heavy atom. The van der Waals surface area contributed by atoms with E-state index in [9.17, 15) is 9.59 Å². The van der Waals surface area contributed by atoms with Crippen molar-refractivity contribution in [2.45, 2.75) is 83.1 Å². The van der Waals surface area contributed by atoms with E-state index in [4.69, 9.17) is 0 Å². The number of hydrogen-bond donors (Lipinski definition) is 1. The lowest BCUT2D eigenvalue weighted by molar-refractivity contribution is -0.137. The number of likely N-dealkylation sites (tertiary alicyclic amines) is 1. The maximum Gasteiger partial charge on any atom is 0.261 e. The van der Waals surface area contributed by atoms with Crippen molar-refractivity contribution in [2.24, 2.45) is 5.92 Å². The van der Waals surface area contributed by atoms with E-state index in [0.717, 1.165) is 56.5 Å². The SMILES string of the molecule is O=C(NC1CCN(C(=O)C2CCCCC2)CC1)c1cc2c(s1)CCCCC2. The van der Waals surface area contributed by atoms with Gasteiger partial charge in [-0.05, 0) is 63.0 Å². The van der Waals surface area contributed by atoms with Crippen molar-refractivity contribution < 1.29 is 9.59 Å². The second-order valence-electron chi connectivity index (χ2n) is 8.53. The molecule has 4 nitrogen and oxygen atoms in total. The van der Waals surface area contributed by atoms with Crippen LogP contribution in [-0.2, 0) is 17.6 Å². The van der Waals surface area contributed by atoms with Gasteiger partial charge >= 0.3 is 0 Å². The Morgan fingerprint density at radius 2 is 1.63 bits per heavy atom. The van der Waals surface area contributed by atoms with Gasteiger partial charge in [-0.2, -0.15) is 0 Å². The maximum absolute atomic E-state index is 12.7. The van der Waals surface area contributed by atoms with Crippen molar-refractivity contribution >= 4 is 23.2 Å². The van der Waals surface area contributed by atoms with Gasteiger partial charge in [0, 0.05) is 29.9 Å². The second kappa shape index (κ2) is 8.76. The standard InChI is InChI=1S/C22H32N2O2S/c25-21(20-15-17-9-5-2-6-10-19(17)27-20)23-18-11-13-24(14-12-18)22(26)16-7-3-1-4-8-16/h15-16,18H,1-14H2,(H,23,25). The van der Waals surface area contributed by atoms with E-state index in [1.54, 1.807) is 11.3 Å². The van der Waals surface area contributed by atoms with E-state index in [1.165, 1.54) is 49.0 Å². The van der Waals surface area contributed by atoms with E-state index >= 15 is 0 Å². The maximum atomic E-state index is 12.7. The first-order chi connectivity index (χ1) is 13.2. The summed E-state index contributed by atoms with van der Waals surface area (Å²) in [6.07, 6.45) is 13.7. The Bertz CT molecular complexity index is 646. The van der Waals surface area contributed by atoms with Crippen LogP contribution in [0.2, 0.25) is 0 Å². The smallest absolute Gasteiger partial charge is 0.261 e. The molecule has 2 aliphatic carbocycles. The number of piperidine rings is 1. The molecule has 0 aromatic carbocycles. The molecule has 1 aliphatic heterocycles. The quantitative estimate of drug-likeness (QED) is 0.784. The number of thiophene rings is 1. The fraction of sp³-hybridized carbons (Fsp3) is 0.727. The van der Waals surface area contributed by atoms with Gasteiger partial charge in [0.2, 0.25) is 5.91 Å². The van der Waals surface area contributed by atoms with Gasteiger partial charge in [0.1, 0.15) is 0 Å². The van der Waals surface area contributed by atoms with Crippen molar-refractivity contribution in [3.63, 3.8) is 0 Å². The van der Waals surface area contributed by atoms with Gasteiger partial charge in [0.25, 0.3) is 5.91 Å². The third-order valence-electron chi connectivity index (χ3n) is 6.57. The largest absolute Gasteiger partial charge is 0.348 e. The molecule has 2 heterocycles. The molecule has 1 aromatic rings. The molecule has 148 valence electrons. The fourth-order valence-electron chi connectivity index (χ4n) is 4.89. The van der Waals surface area contributed by atoms with E-state index < -0.39 is 0 Å². The molecule has 0 atom stereocenters. The first kappa shape index (κ1) is 19.0. The van der Waals surface area contributed by atoms with Crippen LogP contribution in [-0.4, -0.2) is 35.8 Å². The summed E-state index contributed by atoms with van der Waals surface area (Å²) in [5.41, 5.74) is 1.40. The molecular weight excluding hydrogens is 356 g/mol. The highest BCUT2D eigenvalue weighted by molar-refractivity contribution is 7.14. The molecule has 27 heavy (non-hydrogen) atoms. The molecule has 4 rings (SSSR count). The van der Waals surface area contributed by atoms with Crippen LogP contribution in [0.25, 0.3) is 0 Å². The first-order valence-electron chi connectivity index (χ1n) is 10.9. The molecule has 1 saturated heterocycles. The van der Waals surface area contributed by atoms with E-state index in [2.05, 4.69) is 11.4 Å². The van der Waals surface area contributed by atoms with Crippen molar-refractivity contribution in [2.75, 3.05) is 13.1 Å². The molecule has 1 aromatic heterocycles. The number of carbonyl (C=O) groups is 2. The Labute approximate surface area is 166 Å². The van der Waals surface area contributed by atoms with E-state index in [-0.39, 0.29) is 17.9 Å². The lowest BCUT2D eigenvalue weighted by atomic mass is 9.87. The van der Waals surface area contributed by atoms with Crippen LogP contribution in [0.4, 0.5) is 0 Å². The van der Waals surface area contributed by atoms with Crippen LogP contribution in [0.5, 0.6) is 0 Å². The van der Waals surface area contributed by atoms with Crippen LogP contribution < -0.4 is 5.32 Å². The third-order valence-corrected chi connectivity index (χ3v) is 7.80. The summed E-state index contributed by atoms with van der Waals surface area (Å²) in [7, 11) is 0. The van der Waals surface area contributed by atoms with Crippen molar-refractivity contribution in [3.05, 3.63) is 21.4 Å². The first-order valence-corrected chi connectivity index (χ1v) is 11.7. The summed E-state index contributed by atoms with van der Waals surface area (Å²) in [4.78, 5) is 29.7. The predicted octanol–water partition coefficient (Wildman–Crippen LogP) is 4.32. The van der Waals surface area contributed by atoms with Crippen LogP contribution in [0, 0.1) is 5.92 Å². The van der Waals surface area contributed by atoms with Gasteiger partial charge in [0.05, 0.1) is 4.88 Å². The summed E-state index contributed by atoms with van der Waals surface area (Å²) in [6.45, 7) is 1.59. The van der Waals surface area contributed by atoms with Crippen LogP contribution in [0.3, 0.4) is 0 Å². The Morgan fingerprint density at radius 1 is 0.926 bits per heavy atom. The number of amides is 2. The monoisotopic (exact) mass is 388 g/mol. The van der Waals surface area contributed by atoms with Crippen LogP contribution in [0.1, 0.15) is 84.3 Å². The third kappa shape index (κ3) is 4.56. The minimum absolute atomic E-state index is 0.0881. The average Bonchev–Trinajstić information content (AvgIpc) is 2.99. The minimum atomic E-state index is 0.0881. The molecule has 2 amide bonds. The Kier molecular flexibility index (Phi) is 6.16. The molecule has 3 aliphatic rings. The lowest BCUT2D eigenvalue weighted by Gasteiger charge is -2.35. The Hall–Kier alpha value is -1.36. The van der Waals surface area contributed by atoms with Gasteiger partial charge in [-0.3, -0.25) is 9.59 Å². The number of rotatable bonds is 3. The van der Waals surface area contributed by atoms with Crippen LogP contribution in [0.15, 0.2) is 6.07 Å². The molecule has 5 heteroatoms. The fourth-order valence-corrected chi connectivity index (χ4v) is 6.04. The van der Waals surface area contributed by atoms with Crippen LogP contribution >= 0.6 is 11.3 Å². The zero-order valence-electron chi connectivity index (χ0n) is 16.3. The summed E-state index contributed by atoms with van der Waals surface area (Å²) in [5, 5.41) is 3.23. The van der Waals surface area contributed by atoms with Gasteiger partial charge < -0.3 is 10.2 Å². The Balaban J connectivity index is 1.27. The molecule has 1 N–H and O–H groups in total. The highest BCUT2D eigenvalue weighted by Gasteiger charge is 2.30. The molecule has 0 unspecified atom stereocenters. The molecule has 0 radical (unpaired) electrons. The van der Waals surface area contributed by atoms with Gasteiger partial charge in [-0.25, -0.2) is 0 Å². The summed E-state index contributed by atoms with van der Waals surface area (Å²) < 4.78 is 0. The second-order valence-corrected chi connectivity index (χ2v) is 9.66. The number of hydrogen-bond acceptors (Lipinski definition) is 3. The summed E-state index contributed by atoms with van der Waals surface area (Å²) in [5.74, 6) is 0.706. The lowest BCUT2D eigenvalue weighted by Crippen LogP contribution is -2.48. The summed E-state index contributed by atoms with van der Waals surface area (Å²) >= 11 is 1.69. The molecular formula is C22H32N2O2S. The molecule has 2 fully saturated rings. The molecule has 0 bridgehead atoms. The zero-order valence-corrected chi connectivity index (χ0v) is 17.1. The van der Waals surface area contributed by atoms with Gasteiger partial charge in [0.15, 0.2) is 0 Å². The predicted molar refractivity (Wildman–Crippen MR) is 109 cm³/mol. The number of fused-ring (bicyclic) bond motifs is 1. The average molecular weight is 389 g/mol. The zero-order chi connectivity index (χ0) is 18.6. The molecule has 1 saturated carbocycles. The minimum Gasteiger partial charge on any atom is -0.348 e. The van der Waals surface area contributed by atoms with Gasteiger partial charge in [-0.15, -0.1) is 11.3 Å². The number of nitrogens with zero attached hydrogens (tertiary/aromatic N) is 1. The van der Waals surface area contributed by atoms with Crippen molar-refractivity contribution in [1.82, 2.24) is 10.2 Å². The summed E-state index contributed by atoms with van der Waals surface area (Å²) in [6, 6.07) is 2.33. The topological polar surface area (TPSA) is 49.4 Å². The highest BCUT2D eigenvalue weighted by atomic mass is 32.1. The van der Waals surface area contributed by atoms with Crippen molar-refractivity contribution in [3.8, 4) is 0 Å². The number of aryl methyl sites for hydroxylation is 2. The molecule has 0 spiro atoms. The normalized spacial score (nSPS) is 22.1. The van der Waals surface area contributed by atoms with Gasteiger partial charge in [-0.1, -0.05) is 25.7 Å². The number of nitrogens with one attached hydrogen (secondary N) is 1. The highest BCUT2D eigenvalue weighted by Crippen LogP contribution is 2.30. The van der Waals surface area contributed by atoms with E-state index in [1.807, 2.05) is 4.90 Å².